The maximum atomic E-state index is 12.9. The Labute approximate surface area is 149 Å². The molecule has 1 amide bonds. The highest BCUT2D eigenvalue weighted by molar-refractivity contribution is 5.96. The Bertz CT molecular complexity index is 818. The summed E-state index contributed by atoms with van der Waals surface area (Å²) in [6.07, 6.45) is 8.04. The first-order valence-electron chi connectivity index (χ1n) is 9.86. The maximum absolute atomic E-state index is 12.9. The molecule has 0 spiro atoms. The second-order valence-corrected chi connectivity index (χ2v) is 8.14. The highest BCUT2D eigenvalue weighted by atomic mass is 16.2. The number of carbonyl (C=O) groups is 1. The number of hydrogen-bond acceptors (Lipinski definition) is 2. The van der Waals surface area contributed by atoms with Crippen molar-refractivity contribution in [2.75, 3.05) is 26.7 Å². The van der Waals surface area contributed by atoms with Crippen LogP contribution in [0, 0.1) is 5.92 Å². The number of fused-ring (bicyclic) bond motifs is 3. The molecule has 0 saturated heterocycles. The van der Waals surface area contributed by atoms with Crippen LogP contribution in [0.4, 0.5) is 4.79 Å². The van der Waals surface area contributed by atoms with Crippen LogP contribution in [-0.4, -0.2) is 47.1 Å². The molecule has 4 heteroatoms. The Balaban J connectivity index is 1.57. The molecule has 1 atom stereocenters. The van der Waals surface area contributed by atoms with Gasteiger partial charge in [0.15, 0.2) is 0 Å². The lowest BCUT2D eigenvalue weighted by molar-refractivity contribution is 0.101. The molecule has 0 N–H and O–H groups in total. The molecule has 3 heterocycles. The van der Waals surface area contributed by atoms with E-state index in [-0.39, 0.29) is 6.03 Å². The molecule has 2 aromatic rings. The Morgan fingerprint density at radius 2 is 1.92 bits per heavy atom. The first kappa shape index (κ1) is 15.4. The molecular weight excluding hydrogens is 310 g/mol. The summed E-state index contributed by atoms with van der Waals surface area (Å²) in [5, 5.41) is 1.28. The van der Waals surface area contributed by atoms with Crippen molar-refractivity contribution >= 4 is 16.9 Å². The Kier molecular flexibility index (Phi) is 3.63. The number of likely N-dealkylation sites (N-methyl/N-ethyl adjacent to an activating group) is 1. The lowest BCUT2D eigenvalue weighted by Gasteiger charge is -2.43. The lowest BCUT2D eigenvalue weighted by atomic mass is 9.87. The number of para-hydroxylation sites is 1. The second kappa shape index (κ2) is 5.87. The number of hydrogen-bond donors (Lipinski definition) is 0. The van der Waals surface area contributed by atoms with Crippen LogP contribution in [0.2, 0.25) is 0 Å². The summed E-state index contributed by atoms with van der Waals surface area (Å²) in [5.41, 5.74) is 3.79. The van der Waals surface area contributed by atoms with Gasteiger partial charge in [-0.05, 0) is 36.8 Å². The van der Waals surface area contributed by atoms with Crippen LogP contribution in [0.5, 0.6) is 0 Å². The summed E-state index contributed by atoms with van der Waals surface area (Å²) >= 11 is 0. The predicted octanol–water partition coefficient (Wildman–Crippen LogP) is 4.03. The summed E-state index contributed by atoms with van der Waals surface area (Å²) in [7, 11) is 1.95. The Morgan fingerprint density at radius 3 is 2.76 bits per heavy atom. The molecule has 1 aliphatic carbocycles. The lowest BCUT2D eigenvalue weighted by Crippen LogP contribution is -2.50. The molecule has 2 aliphatic heterocycles. The topological polar surface area (TPSA) is 28.5 Å². The first-order chi connectivity index (χ1) is 12.2. The zero-order valence-electron chi connectivity index (χ0n) is 15.1. The normalized spacial score (nSPS) is 24.8. The maximum Gasteiger partial charge on any atom is 0.328 e. The van der Waals surface area contributed by atoms with E-state index in [0.717, 1.165) is 30.9 Å². The van der Waals surface area contributed by atoms with Crippen LogP contribution in [0.25, 0.3) is 10.9 Å². The van der Waals surface area contributed by atoms with E-state index >= 15 is 0 Å². The molecule has 132 valence electrons. The zero-order chi connectivity index (χ0) is 17.0. The van der Waals surface area contributed by atoms with Crippen LogP contribution < -0.4 is 0 Å². The SMILES string of the molecule is CN1CC2c3c(c4ccccc4n3C1=O)CCN2CC1CCCCC1. The van der Waals surface area contributed by atoms with Gasteiger partial charge in [0, 0.05) is 32.1 Å². The molecule has 1 unspecified atom stereocenters. The fraction of sp³-hybridized carbons (Fsp3) is 0.571. The van der Waals surface area contributed by atoms with Gasteiger partial charge in [0.1, 0.15) is 0 Å². The molecule has 1 aromatic heterocycles. The van der Waals surface area contributed by atoms with Gasteiger partial charge in [-0.2, -0.15) is 0 Å². The molecule has 1 saturated carbocycles. The average Bonchev–Trinajstić information content (AvgIpc) is 2.98. The van der Waals surface area contributed by atoms with E-state index in [1.54, 1.807) is 0 Å². The molecule has 5 rings (SSSR count). The van der Waals surface area contributed by atoms with E-state index in [4.69, 9.17) is 0 Å². The van der Waals surface area contributed by atoms with Crippen LogP contribution >= 0.6 is 0 Å². The summed E-state index contributed by atoms with van der Waals surface area (Å²) < 4.78 is 2.01. The van der Waals surface area contributed by atoms with E-state index in [1.165, 1.54) is 55.3 Å². The average molecular weight is 337 g/mol. The van der Waals surface area contributed by atoms with Crippen molar-refractivity contribution in [3.8, 4) is 0 Å². The Hall–Kier alpha value is -1.81. The van der Waals surface area contributed by atoms with Gasteiger partial charge in [0.25, 0.3) is 0 Å². The second-order valence-electron chi connectivity index (χ2n) is 8.14. The van der Waals surface area contributed by atoms with Crippen molar-refractivity contribution in [3.05, 3.63) is 35.5 Å². The van der Waals surface area contributed by atoms with Gasteiger partial charge >= 0.3 is 6.03 Å². The molecule has 3 aliphatic rings. The highest BCUT2D eigenvalue weighted by Crippen LogP contribution is 2.41. The third kappa shape index (κ3) is 2.34. The van der Waals surface area contributed by atoms with Gasteiger partial charge in [-0.1, -0.05) is 37.5 Å². The third-order valence-corrected chi connectivity index (χ3v) is 6.61. The van der Waals surface area contributed by atoms with E-state index in [1.807, 2.05) is 22.6 Å². The number of carbonyl (C=O) groups excluding carboxylic acids is 1. The van der Waals surface area contributed by atoms with Gasteiger partial charge < -0.3 is 4.90 Å². The summed E-state index contributed by atoms with van der Waals surface area (Å²) in [5.74, 6) is 0.844. The number of benzene rings is 1. The molecule has 0 bridgehead atoms. The summed E-state index contributed by atoms with van der Waals surface area (Å²) in [4.78, 5) is 17.5. The number of aromatic nitrogens is 1. The highest BCUT2D eigenvalue weighted by Gasteiger charge is 2.40. The minimum Gasteiger partial charge on any atom is -0.325 e. The van der Waals surface area contributed by atoms with Crippen LogP contribution in [0.3, 0.4) is 0 Å². The van der Waals surface area contributed by atoms with Crippen LogP contribution in [0.15, 0.2) is 24.3 Å². The number of nitrogens with zero attached hydrogens (tertiary/aromatic N) is 3. The van der Waals surface area contributed by atoms with E-state index in [9.17, 15) is 4.79 Å². The standard InChI is InChI=1S/C21H27N3O/c1-22-14-19-20-17(11-12-23(19)13-15-7-3-2-4-8-15)16-9-5-6-10-18(16)24(20)21(22)25/h5-6,9-10,15,19H,2-4,7-8,11-14H2,1H3. The monoisotopic (exact) mass is 337 g/mol. The summed E-state index contributed by atoms with van der Waals surface area (Å²) in [6.45, 7) is 3.16. The van der Waals surface area contributed by atoms with Crippen molar-refractivity contribution < 1.29 is 4.79 Å². The fourth-order valence-electron chi connectivity index (χ4n) is 5.36. The van der Waals surface area contributed by atoms with Crippen molar-refractivity contribution in [3.63, 3.8) is 0 Å². The van der Waals surface area contributed by atoms with Crippen molar-refractivity contribution in [2.45, 2.75) is 44.6 Å². The molecule has 4 nitrogen and oxygen atoms in total. The van der Waals surface area contributed by atoms with Crippen molar-refractivity contribution in [1.29, 1.82) is 0 Å². The quantitative estimate of drug-likeness (QED) is 0.827. The van der Waals surface area contributed by atoms with Gasteiger partial charge in [0.05, 0.1) is 17.3 Å². The van der Waals surface area contributed by atoms with Crippen LogP contribution in [-0.2, 0) is 6.42 Å². The van der Waals surface area contributed by atoms with E-state index < -0.39 is 0 Å². The first-order valence-corrected chi connectivity index (χ1v) is 9.86. The molecule has 25 heavy (non-hydrogen) atoms. The van der Waals surface area contributed by atoms with Gasteiger partial charge in [-0.15, -0.1) is 0 Å². The van der Waals surface area contributed by atoms with Gasteiger partial charge in [0.2, 0.25) is 0 Å². The number of amides is 1. The van der Waals surface area contributed by atoms with Gasteiger partial charge in [-0.3, -0.25) is 9.47 Å². The van der Waals surface area contributed by atoms with Crippen LogP contribution in [0.1, 0.15) is 49.4 Å². The predicted molar refractivity (Wildman–Crippen MR) is 100.0 cm³/mol. The molecular formula is C21H27N3O. The molecule has 1 aromatic carbocycles. The summed E-state index contributed by atoms with van der Waals surface area (Å²) in [6, 6.07) is 8.94. The molecule has 1 fully saturated rings. The molecule has 0 radical (unpaired) electrons. The smallest absolute Gasteiger partial charge is 0.325 e. The van der Waals surface area contributed by atoms with Gasteiger partial charge in [-0.25, -0.2) is 4.79 Å². The van der Waals surface area contributed by atoms with Crippen molar-refractivity contribution in [2.24, 2.45) is 5.92 Å². The largest absolute Gasteiger partial charge is 0.328 e. The third-order valence-electron chi connectivity index (χ3n) is 6.61. The van der Waals surface area contributed by atoms with Crippen molar-refractivity contribution in [1.82, 2.24) is 14.4 Å². The van der Waals surface area contributed by atoms with E-state index in [0.29, 0.717) is 6.04 Å². The zero-order valence-corrected chi connectivity index (χ0v) is 15.1. The minimum atomic E-state index is 0.133. The minimum absolute atomic E-state index is 0.133. The number of rotatable bonds is 2. The fourth-order valence-corrected chi connectivity index (χ4v) is 5.36. The Morgan fingerprint density at radius 1 is 1.12 bits per heavy atom. The van der Waals surface area contributed by atoms with E-state index in [2.05, 4.69) is 23.1 Å².